The highest BCUT2D eigenvalue weighted by atomic mass is 35.5. The number of benzene rings is 2. The van der Waals surface area contributed by atoms with Crippen LogP contribution in [-0.4, -0.2) is 16.2 Å². The number of amides is 2. The van der Waals surface area contributed by atoms with Gasteiger partial charge in [0.05, 0.1) is 22.6 Å². The van der Waals surface area contributed by atoms with Crippen molar-refractivity contribution in [2.24, 2.45) is 0 Å². The Morgan fingerprint density at radius 3 is 2.80 bits per heavy atom. The quantitative estimate of drug-likeness (QED) is 0.538. The van der Waals surface area contributed by atoms with Crippen LogP contribution >= 0.6 is 11.6 Å². The summed E-state index contributed by atoms with van der Waals surface area (Å²) in [5.74, 6) is 0. The van der Waals surface area contributed by atoms with Crippen molar-refractivity contribution >= 4 is 34.7 Å². The number of rotatable bonds is 5. The maximum absolute atomic E-state index is 12.2. The average Bonchev–Trinajstić information content (AvgIpc) is 3.09. The summed E-state index contributed by atoms with van der Waals surface area (Å²) in [5.41, 5.74) is 4.25. The van der Waals surface area contributed by atoms with Crippen LogP contribution in [0.3, 0.4) is 0 Å². The molecule has 0 bridgehead atoms. The third-order valence-corrected chi connectivity index (χ3v) is 3.87. The summed E-state index contributed by atoms with van der Waals surface area (Å²) < 4.78 is 0. The Kier molecular flexibility index (Phi) is 5.20. The number of hydrogen-bond donors (Lipinski definition) is 4. The number of nitrogens with zero attached hydrogens (tertiary/aromatic N) is 1. The van der Waals surface area contributed by atoms with Crippen molar-refractivity contribution in [3.8, 4) is 0 Å². The Hall–Kier alpha value is -2.99. The van der Waals surface area contributed by atoms with Gasteiger partial charge in [-0.05, 0) is 42.3 Å². The molecule has 1 aromatic heterocycles. The topological polar surface area (TPSA) is 81.8 Å². The molecule has 1 heterocycles. The van der Waals surface area contributed by atoms with Gasteiger partial charge < -0.3 is 16.0 Å². The minimum absolute atomic E-state index is 0.342. The predicted octanol–water partition coefficient (Wildman–Crippen LogP) is 4.63. The first-order chi connectivity index (χ1) is 12.1. The molecule has 6 nitrogen and oxygen atoms in total. The van der Waals surface area contributed by atoms with Crippen molar-refractivity contribution in [3.05, 3.63) is 71.0 Å². The molecule has 0 atom stereocenters. The van der Waals surface area contributed by atoms with Crippen molar-refractivity contribution in [3.63, 3.8) is 0 Å². The Balaban J connectivity index is 1.60. The van der Waals surface area contributed by atoms with E-state index in [9.17, 15) is 4.79 Å². The zero-order valence-electron chi connectivity index (χ0n) is 13.6. The highest BCUT2D eigenvalue weighted by molar-refractivity contribution is 6.33. The van der Waals surface area contributed by atoms with Crippen LogP contribution < -0.4 is 16.0 Å². The van der Waals surface area contributed by atoms with Gasteiger partial charge in [-0.1, -0.05) is 29.8 Å². The van der Waals surface area contributed by atoms with Gasteiger partial charge in [-0.25, -0.2) is 4.79 Å². The summed E-state index contributed by atoms with van der Waals surface area (Å²) in [7, 11) is 0. The van der Waals surface area contributed by atoms with Crippen molar-refractivity contribution in [2.45, 2.75) is 13.5 Å². The summed E-state index contributed by atoms with van der Waals surface area (Å²) in [4.78, 5) is 12.2. The third-order valence-electron chi connectivity index (χ3n) is 3.55. The van der Waals surface area contributed by atoms with Crippen molar-refractivity contribution in [1.82, 2.24) is 10.2 Å². The molecule has 25 heavy (non-hydrogen) atoms. The second-order valence-corrected chi connectivity index (χ2v) is 6.01. The zero-order valence-corrected chi connectivity index (χ0v) is 14.4. The minimum Gasteiger partial charge on any atom is -0.378 e. The van der Waals surface area contributed by atoms with Crippen LogP contribution in [0.25, 0.3) is 0 Å². The summed E-state index contributed by atoms with van der Waals surface area (Å²) >= 11 is 6.13. The fraction of sp³-hybridized carbons (Fsp3) is 0.111. The lowest BCUT2D eigenvalue weighted by Gasteiger charge is -2.11. The van der Waals surface area contributed by atoms with Gasteiger partial charge in [-0.15, -0.1) is 0 Å². The first kappa shape index (κ1) is 16.9. The molecule has 2 aromatic carbocycles. The number of aromatic amines is 1. The SMILES string of the molecule is Cc1ccc(NC(=O)Nc2cccc(CNc3cn[nH]c3)c2)c(Cl)c1. The molecule has 0 radical (unpaired) electrons. The standard InChI is InChI=1S/C18H18ClN5O/c1-12-5-6-17(16(19)7-12)24-18(25)23-14-4-2-3-13(8-14)9-20-15-10-21-22-11-15/h2-8,10-11,20H,9H2,1H3,(H,21,22)(H2,23,24,25). The maximum Gasteiger partial charge on any atom is 0.323 e. The molecule has 7 heteroatoms. The molecule has 0 aliphatic carbocycles. The van der Waals surface area contributed by atoms with E-state index in [1.54, 1.807) is 24.5 Å². The summed E-state index contributed by atoms with van der Waals surface area (Å²) in [6.07, 6.45) is 3.49. The number of anilines is 3. The van der Waals surface area contributed by atoms with E-state index < -0.39 is 0 Å². The van der Waals surface area contributed by atoms with Crippen LogP contribution in [0.4, 0.5) is 21.9 Å². The highest BCUT2D eigenvalue weighted by Crippen LogP contribution is 2.23. The van der Waals surface area contributed by atoms with Gasteiger partial charge in [0, 0.05) is 18.4 Å². The number of urea groups is 1. The molecule has 0 saturated heterocycles. The van der Waals surface area contributed by atoms with Gasteiger partial charge in [-0.2, -0.15) is 5.10 Å². The lowest BCUT2D eigenvalue weighted by molar-refractivity contribution is 0.262. The number of aromatic nitrogens is 2. The van der Waals surface area contributed by atoms with Crippen LogP contribution in [0.15, 0.2) is 54.9 Å². The van der Waals surface area contributed by atoms with Crippen molar-refractivity contribution < 1.29 is 4.79 Å². The second kappa shape index (κ2) is 7.72. The fourth-order valence-electron chi connectivity index (χ4n) is 2.32. The summed E-state index contributed by atoms with van der Waals surface area (Å²) in [5, 5.41) is 15.9. The third kappa shape index (κ3) is 4.74. The molecule has 4 N–H and O–H groups in total. The number of aryl methyl sites for hydroxylation is 1. The zero-order chi connectivity index (χ0) is 17.6. The molecule has 3 rings (SSSR count). The lowest BCUT2D eigenvalue weighted by Crippen LogP contribution is -2.19. The van der Waals surface area contributed by atoms with Gasteiger partial charge >= 0.3 is 6.03 Å². The number of hydrogen-bond acceptors (Lipinski definition) is 3. The minimum atomic E-state index is -0.342. The fourth-order valence-corrected chi connectivity index (χ4v) is 2.60. The van der Waals surface area contributed by atoms with Crippen LogP contribution in [-0.2, 0) is 6.54 Å². The van der Waals surface area contributed by atoms with E-state index >= 15 is 0 Å². The Bertz CT molecular complexity index is 864. The Labute approximate surface area is 150 Å². The second-order valence-electron chi connectivity index (χ2n) is 5.60. The predicted molar refractivity (Wildman–Crippen MR) is 101 cm³/mol. The Morgan fingerprint density at radius 1 is 1.16 bits per heavy atom. The normalized spacial score (nSPS) is 10.3. The van der Waals surface area contributed by atoms with Crippen molar-refractivity contribution in [2.75, 3.05) is 16.0 Å². The molecule has 0 aliphatic heterocycles. The van der Waals surface area contributed by atoms with E-state index in [-0.39, 0.29) is 6.03 Å². The van der Waals surface area contributed by atoms with Gasteiger partial charge in [0.25, 0.3) is 0 Å². The molecule has 128 valence electrons. The first-order valence-corrected chi connectivity index (χ1v) is 8.14. The van der Waals surface area contributed by atoms with E-state index in [0.717, 1.165) is 16.8 Å². The number of halogens is 1. The maximum atomic E-state index is 12.2. The number of nitrogens with one attached hydrogen (secondary N) is 4. The largest absolute Gasteiger partial charge is 0.378 e. The molecule has 3 aromatic rings. The molecule has 2 amide bonds. The number of H-pyrrole nitrogens is 1. The van der Waals surface area contributed by atoms with E-state index in [4.69, 9.17) is 11.6 Å². The lowest BCUT2D eigenvalue weighted by atomic mass is 10.2. The molecule has 0 saturated carbocycles. The van der Waals surface area contributed by atoms with Gasteiger partial charge in [0.1, 0.15) is 0 Å². The van der Waals surface area contributed by atoms with E-state index in [1.807, 2.05) is 37.3 Å². The van der Waals surface area contributed by atoms with E-state index in [1.165, 1.54) is 0 Å². The monoisotopic (exact) mass is 355 g/mol. The molecule has 0 spiro atoms. The summed E-state index contributed by atoms with van der Waals surface area (Å²) in [6.45, 7) is 2.57. The van der Waals surface area contributed by atoms with Crippen LogP contribution in [0.2, 0.25) is 5.02 Å². The van der Waals surface area contributed by atoms with Crippen molar-refractivity contribution in [1.29, 1.82) is 0 Å². The van der Waals surface area contributed by atoms with Gasteiger partial charge in [0.15, 0.2) is 0 Å². The molecular formula is C18H18ClN5O. The van der Waals surface area contributed by atoms with E-state index in [0.29, 0.717) is 22.9 Å². The number of carbonyl (C=O) groups is 1. The molecule has 0 fully saturated rings. The summed E-state index contributed by atoms with van der Waals surface area (Å²) in [6, 6.07) is 12.7. The van der Waals surface area contributed by atoms with Crippen LogP contribution in [0.5, 0.6) is 0 Å². The van der Waals surface area contributed by atoms with Gasteiger partial charge in [0.2, 0.25) is 0 Å². The molecule has 0 aliphatic rings. The van der Waals surface area contributed by atoms with E-state index in [2.05, 4.69) is 26.1 Å². The Morgan fingerprint density at radius 2 is 2.04 bits per heavy atom. The highest BCUT2D eigenvalue weighted by Gasteiger charge is 2.06. The smallest absolute Gasteiger partial charge is 0.323 e. The van der Waals surface area contributed by atoms with Crippen LogP contribution in [0.1, 0.15) is 11.1 Å². The molecular weight excluding hydrogens is 338 g/mol. The average molecular weight is 356 g/mol. The number of carbonyl (C=O) groups excluding carboxylic acids is 1. The van der Waals surface area contributed by atoms with Crippen LogP contribution in [0, 0.1) is 6.92 Å². The first-order valence-electron chi connectivity index (χ1n) is 7.76. The van der Waals surface area contributed by atoms with Gasteiger partial charge in [-0.3, -0.25) is 5.10 Å². The molecule has 0 unspecified atom stereocenters.